The van der Waals surface area contributed by atoms with E-state index in [0.717, 1.165) is 22.4 Å². The lowest BCUT2D eigenvalue weighted by molar-refractivity contribution is -0.163. The van der Waals surface area contributed by atoms with Gasteiger partial charge < -0.3 is 15.0 Å². The molecule has 1 N–H and O–H groups in total. The van der Waals surface area contributed by atoms with Gasteiger partial charge in [0.1, 0.15) is 18.0 Å². The second-order valence-corrected chi connectivity index (χ2v) is 11.3. The molecule has 2 aliphatic heterocycles. The number of nitrogens with one attached hydrogen (secondary N) is 1. The van der Waals surface area contributed by atoms with E-state index >= 15 is 0 Å². The van der Waals surface area contributed by atoms with Crippen molar-refractivity contribution in [2.45, 2.75) is 41.0 Å². The summed E-state index contributed by atoms with van der Waals surface area (Å²) in [5.74, 6) is -1.73. The van der Waals surface area contributed by atoms with Gasteiger partial charge in [-0.3, -0.25) is 13.8 Å². The first kappa shape index (κ1) is 24.0. The van der Waals surface area contributed by atoms with Crippen molar-refractivity contribution in [2.75, 3.05) is 12.4 Å². The molecule has 1 aromatic carbocycles. The van der Waals surface area contributed by atoms with Crippen LogP contribution in [0.1, 0.15) is 18.1 Å². The lowest BCUT2D eigenvalue weighted by atomic mass is 9.97. The van der Waals surface area contributed by atoms with Crippen LogP contribution in [-0.4, -0.2) is 60.5 Å². The zero-order valence-electron chi connectivity index (χ0n) is 16.6. The van der Waals surface area contributed by atoms with E-state index in [1.807, 2.05) is 31.2 Å². The number of fused-ring (bicyclic) bond motifs is 1. The summed E-state index contributed by atoms with van der Waals surface area (Å²) in [5, 5.41) is 1.80. The maximum Gasteiger partial charge on any atom is 0.333 e. The zero-order chi connectivity index (χ0) is 22.9. The van der Waals surface area contributed by atoms with Gasteiger partial charge in [0.2, 0.25) is 15.6 Å². The first-order valence-electron chi connectivity index (χ1n) is 9.50. The summed E-state index contributed by atoms with van der Waals surface area (Å²) in [6, 6.07) is 5.40. The number of aryl methyl sites for hydroxylation is 1. The van der Waals surface area contributed by atoms with Crippen LogP contribution in [-0.2, 0) is 42.8 Å². The van der Waals surface area contributed by atoms with Crippen LogP contribution in [0.15, 0.2) is 36.4 Å². The topological polar surface area (TPSA) is 92.8 Å². The fourth-order valence-electron chi connectivity index (χ4n) is 3.70. The van der Waals surface area contributed by atoms with Gasteiger partial charge >= 0.3 is 5.97 Å². The SMILES string of the molecule is C=C1CS(=O)[C@H]2C(NC(=O)Cc3ccccc3CC)C(=O)N2C1C(=O)OCC(Cl)(Cl)Cl. The smallest absolute Gasteiger partial charge is 0.333 e. The third-order valence-corrected chi connectivity index (χ3v) is 7.13. The summed E-state index contributed by atoms with van der Waals surface area (Å²) >= 11 is 16.8. The van der Waals surface area contributed by atoms with Crippen LogP contribution >= 0.6 is 34.8 Å². The average molecular weight is 508 g/mol. The van der Waals surface area contributed by atoms with Crippen LogP contribution in [0, 0.1) is 0 Å². The van der Waals surface area contributed by atoms with Crippen molar-refractivity contribution in [1.29, 1.82) is 0 Å². The van der Waals surface area contributed by atoms with Crippen LogP contribution < -0.4 is 5.32 Å². The zero-order valence-corrected chi connectivity index (χ0v) is 19.7. The third-order valence-electron chi connectivity index (χ3n) is 5.11. The van der Waals surface area contributed by atoms with Crippen LogP contribution in [0.2, 0.25) is 0 Å². The molecule has 2 heterocycles. The van der Waals surface area contributed by atoms with Crippen molar-refractivity contribution >= 4 is 63.4 Å². The van der Waals surface area contributed by atoms with Gasteiger partial charge in [-0.15, -0.1) is 0 Å². The molecule has 0 aromatic heterocycles. The molecular weight excluding hydrogens is 487 g/mol. The highest BCUT2D eigenvalue weighted by molar-refractivity contribution is 7.86. The molecule has 1 aromatic rings. The average Bonchev–Trinajstić information content (AvgIpc) is 2.70. The van der Waals surface area contributed by atoms with E-state index in [2.05, 4.69) is 11.9 Å². The number of hydrogen-bond acceptors (Lipinski definition) is 5. The van der Waals surface area contributed by atoms with Gasteiger partial charge in [0.05, 0.1) is 17.2 Å². The Bertz CT molecular complexity index is 949. The van der Waals surface area contributed by atoms with Crippen molar-refractivity contribution in [2.24, 2.45) is 0 Å². The number of nitrogens with zero attached hydrogens (tertiary/aromatic N) is 1. The lowest BCUT2D eigenvalue weighted by Gasteiger charge is -2.52. The van der Waals surface area contributed by atoms with Crippen molar-refractivity contribution in [3.05, 3.63) is 47.5 Å². The molecule has 2 fully saturated rings. The molecule has 11 heteroatoms. The number of β-lactam (4-membered cyclic amide) rings is 1. The van der Waals surface area contributed by atoms with Crippen molar-refractivity contribution < 1.29 is 23.3 Å². The lowest BCUT2D eigenvalue weighted by Crippen LogP contribution is -2.77. The molecule has 0 spiro atoms. The van der Waals surface area contributed by atoms with Crippen molar-refractivity contribution in [3.63, 3.8) is 0 Å². The molecule has 7 nitrogen and oxygen atoms in total. The maximum absolute atomic E-state index is 12.8. The number of esters is 1. The van der Waals surface area contributed by atoms with Crippen LogP contribution in [0.5, 0.6) is 0 Å². The van der Waals surface area contributed by atoms with Crippen LogP contribution in [0.25, 0.3) is 0 Å². The number of hydrogen-bond donors (Lipinski definition) is 1. The fraction of sp³-hybridized carbons (Fsp3) is 0.450. The highest BCUT2D eigenvalue weighted by Crippen LogP contribution is 2.35. The molecule has 2 saturated heterocycles. The third kappa shape index (κ3) is 5.25. The quantitative estimate of drug-likeness (QED) is 0.275. The normalized spacial score (nSPS) is 25.5. The number of rotatable bonds is 6. The Labute approximate surface area is 197 Å². The molecule has 3 unspecified atom stereocenters. The van der Waals surface area contributed by atoms with Gasteiger partial charge in [-0.05, 0) is 23.1 Å². The van der Waals surface area contributed by atoms with Gasteiger partial charge in [-0.25, -0.2) is 4.79 Å². The van der Waals surface area contributed by atoms with E-state index in [4.69, 9.17) is 39.5 Å². The molecule has 2 aliphatic rings. The molecule has 31 heavy (non-hydrogen) atoms. The molecule has 4 atom stereocenters. The van der Waals surface area contributed by atoms with Crippen molar-refractivity contribution in [1.82, 2.24) is 10.2 Å². The minimum Gasteiger partial charge on any atom is -0.459 e. The summed E-state index contributed by atoms with van der Waals surface area (Å²) in [6.45, 7) is 5.23. The second-order valence-electron chi connectivity index (χ2n) is 7.29. The molecule has 0 radical (unpaired) electrons. The van der Waals surface area contributed by atoms with Crippen LogP contribution in [0.4, 0.5) is 0 Å². The van der Waals surface area contributed by atoms with Crippen molar-refractivity contribution in [3.8, 4) is 0 Å². The van der Waals surface area contributed by atoms with E-state index in [1.165, 1.54) is 0 Å². The predicted molar refractivity (Wildman–Crippen MR) is 119 cm³/mol. The minimum absolute atomic E-state index is 0.00692. The Hall–Kier alpha value is -1.61. The Kier molecular flexibility index (Phi) is 7.35. The van der Waals surface area contributed by atoms with Crippen LogP contribution in [0.3, 0.4) is 0 Å². The standard InChI is InChI=1S/C20H21Cl3N2O5S/c1-3-12-6-4-5-7-13(12)8-14(26)24-15-17(27)25-16(11(2)9-31(29)18(15)25)19(28)30-10-20(21,22)23/h4-7,15-16,18H,2-3,8-10H2,1H3,(H,24,26)/t15?,16?,18-,31?/m0/s1. The number of carbonyl (C=O) groups is 3. The molecule has 3 rings (SSSR count). The van der Waals surface area contributed by atoms with Gasteiger partial charge in [0.25, 0.3) is 0 Å². The van der Waals surface area contributed by atoms with E-state index in [-0.39, 0.29) is 23.7 Å². The minimum atomic E-state index is -1.81. The Balaban J connectivity index is 1.70. The van der Waals surface area contributed by atoms with E-state index in [1.54, 1.807) is 0 Å². The van der Waals surface area contributed by atoms with Gasteiger partial charge in [-0.1, -0.05) is 72.6 Å². The molecule has 0 aliphatic carbocycles. The predicted octanol–water partition coefficient (Wildman–Crippen LogP) is 2.05. The first-order chi connectivity index (χ1) is 14.5. The monoisotopic (exact) mass is 506 g/mol. The van der Waals surface area contributed by atoms with Gasteiger partial charge in [0.15, 0.2) is 6.04 Å². The highest BCUT2D eigenvalue weighted by atomic mass is 35.6. The Morgan fingerprint density at radius 3 is 2.55 bits per heavy atom. The summed E-state index contributed by atoms with van der Waals surface area (Å²) in [6.07, 6.45) is 0.862. The number of carbonyl (C=O) groups excluding carboxylic acids is 3. The maximum atomic E-state index is 12.8. The molecule has 168 valence electrons. The Morgan fingerprint density at radius 2 is 1.94 bits per heavy atom. The number of ether oxygens (including phenoxy) is 1. The first-order valence-corrected chi connectivity index (χ1v) is 12.0. The molecule has 0 saturated carbocycles. The Morgan fingerprint density at radius 1 is 1.29 bits per heavy atom. The number of halogens is 3. The number of benzene rings is 1. The largest absolute Gasteiger partial charge is 0.459 e. The fourth-order valence-corrected chi connectivity index (χ4v) is 5.52. The van der Waals surface area contributed by atoms with E-state index in [9.17, 15) is 18.6 Å². The molecule has 2 amide bonds. The van der Waals surface area contributed by atoms with E-state index < -0.39 is 50.5 Å². The second kappa shape index (κ2) is 9.48. The van der Waals surface area contributed by atoms with Gasteiger partial charge in [0, 0.05) is 5.75 Å². The molecular formula is C20H21Cl3N2O5S. The number of amides is 2. The van der Waals surface area contributed by atoms with E-state index in [0.29, 0.717) is 0 Å². The highest BCUT2D eigenvalue weighted by Gasteiger charge is 2.59. The summed E-state index contributed by atoms with van der Waals surface area (Å²) in [5.41, 5.74) is 2.16. The number of alkyl halides is 3. The summed E-state index contributed by atoms with van der Waals surface area (Å²) in [4.78, 5) is 39.0. The van der Waals surface area contributed by atoms with Gasteiger partial charge in [-0.2, -0.15) is 0 Å². The summed E-state index contributed by atoms with van der Waals surface area (Å²) < 4.78 is 15.8. The molecule has 0 bridgehead atoms. The summed E-state index contributed by atoms with van der Waals surface area (Å²) in [7, 11) is -1.53.